The van der Waals surface area contributed by atoms with Gasteiger partial charge >= 0.3 is 5.69 Å². The van der Waals surface area contributed by atoms with E-state index in [2.05, 4.69) is 27.6 Å². The normalized spacial score (nSPS) is 10.3. The van der Waals surface area contributed by atoms with E-state index in [1.807, 2.05) is 0 Å². The van der Waals surface area contributed by atoms with Gasteiger partial charge in [0.1, 0.15) is 5.69 Å². The number of aromatic nitrogens is 2. The molecule has 4 N–H and O–H groups in total. The Morgan fingerprint density at radius 3 is 2.63 bits per heavy atom. The fourth-order valence-corrected chi connectivity index (χ4v) is 1.73. The molecule has 1 aromatic heterocycles. The van der Waals surface area contributed by atoms with Crippen molar-refractivity contribution in [3.05, 3.63) is 15.8 Å². The van der Waals surface area contributed by atoms with Gasteiger partial charge in [-0.3, -0.25) is 15.5 Å². The van der Waals surface area contributed by atoms with Crippen molar-refractivity contribution in [2.75, 3.05) is 17.3 Å². The molecule has 1 heterocycles. The second-order valence-electron chi connectivity index (χ2n) is 4.22. The van der Waals surface area contributed by atoms with E-state index in [1.165, 1.54) is 0 Å². The SMILES string of the molecule is CCCCCCNc1nc(NN)nc(C)c1[N+](=O)[O-]. The number of rotatable bonds is 8. The second-order valence-corrected chi connectivity index (χ2v) is 4.22. The molecular formula is C11H20N6O2. The summed E-state index contributed by atoms with van der Waals surface area (Å²) in [6, 6.07) is 0. The standard InChI is InChI=1S/C11H20N6O2/c1-3-4-5-6-7-13-10-9(17(18)19)8(2)14-11(15-10)16-12/h3-7,12H2,1-2H3,(H2,13,14,15,16). The summed E-state index contributed by atoms with van der Waals surface area (Å²) in [5.41, 5.74) is 2.48. The van der Waals surface area contributed by atoms with Crippen LogP contribution in [0.2, 0.25) is 0 Å². The molecule has 0 amide bonds. The first kappa shape index (κ1) is 15.1. The fraction of sp³-hybridized carbons (Fsp3) is 0.636. The van der Waals surface area contributed by atoms with Crippen molar-refractivity contribution in [2.45, 2.75) is 39.5 Å². The van der Waals surface area contributed by atoms with Gasteiger partial charge in [0.2, 0.25) is 11.8 Å². The largest absolute Gasteiger partial charge is 0.364 e. The molecule has 1 aromatic rings. The lowest BCUT2D eigenvalue weighted by Gasteiger charge is -2.09. The maximum absolute atomic E-state index is 11.0. The highest BCUT2D eigenvalue weighted by atomic mass is 16.6. The molecule has 0 aliphatic carbocycles. The van der Waals surface area contributed by atoms with Gasteiger partial charge in [-0.15, -0.1) is 0 Å². The van der Waals surface area contributed by atoms with E-state index in [-0.39, 0.29) is 23.1 Å². The minimum atomic E-state index is -0.482. The summed E-state index contributed by atoms with van der Waals surface area (Å²) in [4.78, 5) is 18.4. The average Bonchev–Trinajstić information content (AvgIpc) is 2.37. The van der Waals surface area contributed by atoms with Crippen LogP contribution in [-0.4, -0.2) is 21.4 Å². The number of nitrogens with one attached hydrogen (secondary N) is 2. The van der Waals surface area contributed by atoms with Gasteiger partial charge in [0.15, 0.2) is 0 Å². The van der Waals surface area contributed by atoms with Gasteiger partial charge in [0, 0.05) is 6.54 Å². The second kappa shape index (κ2) is 7.47. The van der Waals surface area contributed by atoms with Gasteiger partial charge in [-0.05, 0) is 13.3 Å². The Labute approximate surface area is 111 Å². The zero-order valence-electron chi connectivity index (χ0n) is 11.3. The molecule has 0 fully saturated rings. The molecule has 0 saturated carbocycles. The van der Waals surface area contributed by atoms with Gasteiger partial charge in [-0.25, -0.2) is 10.8 Å². The topological polar surface area (TPSA) is 119 Å². The summed E-state index contributed by atoms with van der Waals surface area (Å²) < 4.78 is 0. The summed E-state index contributed by atoms with van der Waals surface area (Å²) >= 11 is 0. The number of hydrogen-bond acceptors (Lipinski definition) is 7. The summed E-state index contributed by atoms with van der Waals surface area (Å²) in [6.45, 7) is 4.33. The number of nitrogens with zero attached hydrogens (tertiary/aromatic N) is 3. The molecule has 0 atom stereocenters. The molecule has 0 aliphatic heterocycles. The van der Waals surface area contributed by atoms with Crippen molar-refractivity contribution in [3.8, 4) is 0 Å². The molecule has 1 rings (SSSR count). The highest BCUT2D eigenvalue weighted by Crippen LogP contribution is 2.26. The monoisotopic (exact) mass is 268 g/mol. The number of nitrogens with two attached hydrogens (primary N) is 1. The quantitative estimate of drug-likeness (QED) is 0.285. The molecule has 0 unspecified atom stereocenters. The van der Waals surface area contributed by atoms with Crippen molar-refractivity contribution in [3.63, 3.8) is 0 Å². The van der Waals surface area contributed by atoms with Crippen molar-refractivity contribution in [2.24, 2.45) is 5.84 Å². The van der Waals surface area contributed by atoms with E-state index >= 15 is 0 Å². The van der Waals surface area contributed by atoms with Crippen LogP contribution < -0.4 is 16.6 Å². The Balaban J connectivity index is 2.78. The van der Waals surface area contributed by atoms with Crippen LogP contribution in [0.3, 0.4) is 0 Å². The molecule has 19 heavy (non-hydrogen) atoms. The molecule has 0 saturated heterocycles. The van der Waals surface area contributed by atoms with Crippen LogP contribution in [-0.2, 0) is 0 Å². The smallest absolute Gasteiger partial charge is 0.332 e. The molecule has 0 spiro atoms. The van der Waals surface area contributed by atoms with Gasteiger partial charge in [-0.1, -0.05) is 26.2 Å². The Kier molecular flexibility index (Phi) is 5.94. The number of anilines is 2. The number of nitrogen functional groups attached to an aromatic ring is 1. The number of hydrogen-bond donors (Lipinski definition) is 3. The van der Waals surface area contributed by atoms with Crippen LogP contribution in [0.1, 0.15) is 38.3 Å². The van der Waals surface area contributed by atoms with Gasteiger partial charge in [0.05, 0.1) is 4.92 Å². The average molecular weight is 268 g/mol. The molecular weight excluding hydrogens is 248 g/mol. The number of unbranched alkanes of at least 4 members (excludes halogenated alkanes) is 3. The van der Waals surface area contributed by atoms with E-state index in [4.69, 9.17) is 5.84 Å². The van der Waals surface area contributed by atoms with Crippen LogP contribution >= 0.6 is 0 Å². The van der Waals surface area contributed by atoms with Crippen molar-refractivity contribution in [1.82, 2.24) is 9.97 Å². The van der Waals surface area contributed by atoms with Crippen LogP contribution in [0.25, 0.3) is 0 Å². The van der Waals surface area contributed by atoms with Crippen LogP contribution in [0, 0.1) is 17.0 Å². The first-order valence-electron chi connectivity index (χ1n) is 6.33. The van der Waals surface area contributed by atoms with E-state index < -0.39 is 4.92 Å². The molecule has 106 valence electrons. The Morgan fingerprint density at radius 1 is 1.32 bits per heavy atom. The first-order chi connectivity index (χ1) is 9.10. The predicted molar refractivity (Wildman–Crippen MR) is 73.9 cm³/mol. The zero-order chi connectivity index (χ0) is 14.3. The lowest BCUT2D eigenvalue weighted by atomic mass is 10.2. The molecule has 0 aliphatic rings. The highest BCUT2D eigenvalue weighted by molar-refractivity contribution is 5.60. The van der Waals surface area contributed by atoms with E-state index in [1.54, 1.807) is 6.92 Å². The molecule has 8 nitrogen and oxygen atoms in total. The zero-order valence-corrected chi connectivity index (χ0v) is 11.3. The van der Waals surface area contributed by atoms with E-state index in [0.717, 1.165) is 25.7 Å². The molecule has 0 radical (unpaired) electrons. The number of nitro groups is 1. The van der Waals surface area contributed by atoms with Crippen LogP contribution in [0.5, 0.6) is 0 Å². The third kappa shape index (κ3) is 4.32. The third-order valence-corrected chi connectivity index (χ3v) is 2.69. The van der Waals surface area contributed by atoms with Crippen molar-refractivity contribution < 1.29 is 4.92 Å². The van der Waals surface area contributed by atoms with E-state index in [9.17, 15) is 10.1 Å². The molecule has 0 aromatic carbocycles. The van der Waals surface area contributed by atoms with Gasteiger partial charge < -0.3 is 5.32 Å². The lowest BCUT2D eigenvalue weighted by Crippen LogP contribution is -2.15. The van der Waals surface area contributed by atoms with Gasteiger partial charge in [0.25, 0.3) is 0 Å². The fourth-order valence-electron chi connectivity index (χ4n) is 1.73. The molecule has 8 heteroatoms. The Morgan fingerprint density at radius 2 is 2.05 bits per heavy atom. The Hall–Kier alpha value is -1.96. The minimum absolute atomic E-state index is 0.102. The Bertz CT molecular complexity index is 437. The van der Waals surface area contributed by atoms with Gasteiger partial charge in [-0.2, -0.15) is 4.98 Å². The highest BCUT2D eigenvalue weighted by Gasteiger charge is 2.21. The van der Waals surface area contributed by atoms with Crippen molar-refractivity contribution in [1.29, 1.82) is 0 Å². The summed E-state index contributed by atoms with van der Waals surface area (Å²) in [5.74, 6) is 5.61. The number of aryl methyl sites for hydroxylation is 1. The summed E-state index contributed by atoms with van der Waals surface area (Å²) in [7, 11) is 0. The van der Waals surface area contributed by atoms with Crippen molar-refractivity contribution >= 4 is 17.5 Å². The summed E-state index contributed by atoms with van der Waals surface area (Å²) in [5, 5.41) is 14.0. The minimum Gasteiger partial charge on any atom is -0.364 e. The number of hydrazine groups is 1. The van der Waals surface area contributed by atoms with Crippen LogP contribution in [0.4, 0.5) is 17.5 Å². The predicted octanol–water partition coefficient (Wildman–Crippen LogP) is 1.97. The first-order valence-corrected chi connectivity index (χ1v) is 6.33. The lowest BCUT2D eigenvalue weighted by molar-refractivity contribution is -0.385. The summed E-state index contributed by atoms with van der Waals surface area (Å²) in [6.07, 6.45) is 4.33. The third-order valence-electron chi connectivity index (χ3n) is 2.69. The maximum atomic E-state index is 11.0. The maximum Gasteiger partial charge on any atom is 0.332 e. The van der Waals surface area contributed by atoms with Crippen LogP contribution in [0.15, 0.2) is 0 Å². The molecule has 0 bridgehead atoms. The van der Waals surface area contributed by atoms with E-state index in [0.29, 0.717) is 6.54 Å².